The van der Waals surface area contributed by atoms with Crippen LogP contribution >= 0.6 is 11.3 Å². The molecule has 156 valence electrons. The van der Waals surface area contributed by atoms with Crippen LogP contribution in [0.25, 0.3) is 10.8 Å². The van der Waals surface area contributed by atoms with E-state index in [4.69, 9.17) is 4.74 Å². The van der Waals surface area contributed by atoms with Gasteiger partial charge in [-0.05, 0) is 32.0 Å². The Morgan fingerprint density at radius 3 is 2.71 bits per heavy atom. The molecular weight excluding hydrogens is 416 g/mol. The number of hydrogen-bond acceptors (Lipinski definition) is 9. The predicted molar refractivity (Wildman–Crippen MR) is 117 cm³/mol. The van der Waals surface area contributed by atoms with E-state index in [0.717, 1.165) is 0 Å². The third-order valence-corrected chi connectivity index (χ3v) is 5.11. The van der Waals surface area contributed by atoms with Gasteiger partial charge in [-0.1, -0.05) is 12.1 Å². The summed E-state index contributed by atoms with van der Waals surface area (Å²) in [5, 5.41) is 7.99. The molecule has 1 aromatic carbocycles. The first-order chi connectivity index (χ1) is 15.1. The Hall–Kier alpha value is -3.92. The molecule has 9 nitrogen and oxygen atoms in total. The van der Waals surface area contributed by atoms with Crippen LogP contribution in [-0.4, -0.2) is 39.3 Å². The molecule has 31 heavy (non-hydrogen) atoms. The van der Waals surface area contributed by atoms with Crippen molar-refractivity contribution in [1.82, 2.24) is 20.3 Å². The third kappa shape index (κ3) is 4.33. The molecule has 3 aromatic rings. The first-order valence-corrected chi connectivity index (χ1v) is 10.3. The Balaban J connectivity index is 1.68. The summed E-state index contributed by atoms with van der Waals surface area (Å²) >= 11 is 1.25. The highest BCUT2D eigenvalue weighted by molar-refractivity contribution is 7.13. The van der Waals surface area contributed by atoms with Crippen molar-refractivity contribution in [3.63, 3.8) is 0 Å². The average molecular weight is 434 g/mol. The van der Waals surface area contributed by atoms with E-state index in [1.54, 1.807) is 43.8 Å². The van der Waals surface area contributed by atoms with E-state index in [1.165, 1.54) is 11.3 Å². The molecule has 0 aliphatic carbocycles. The lowest BCUT2D eigenvalue weighted by Gasteiger charge is -2.12. The summed E-state index contributed by atoms with van der Waals surface area (Å²) in [5.74, 6) is -0.578. The fourth-order valence-corrected chi connectivity index (χ4v) is 3.65. The number of esters is 1. The Kier molecular flexibility index (Phi) is 5.80. The van der Waals surface area contributed by atoms with Gasteiger partial charge in [-0.3, -0.25) is 4.79 Å². The molecule has 4 rings (SSSR count). The van der Waals surface area contributed by atoms with Crippen molar-refractivity contribution >= 4 is 40.4 Å². The average Bonchev–Trinajstić information content (AvgIpc) is 3.21. The van der Waals surface area contributed by atoms with Crippen molar-refractivity contribution < 1.29 is 14.3 Å². The number of para-hydroxylation sites is 2. The van der Waals surface area contributed by atoms with Gasteiger partial charge < -0.3 is 15.4 Å². The number of benzene rings is 1. The quantitative estimate of drug-likeness (QED) is 0.605. The number of aromatic nitrogens is 3. The highest BCUT2D eigenvalue weighted by atomic mass is 32.1. The second-order valence-electron chi connectivity index (χ2n) is 6.39. The molecule has 0 atom stereocenters. The zero-order chi connectivity index (χ0) is 21.8. The number of nitrogens with zero attached hydrogens (tertiary/aromatic N) is 4. The Bertz CT molecular complexity index is 1200. The molecule has 0 unspecified atom stereocenters. The van der Waals surface area contributed by atoms with E-state index < -0.39 is 11.9 Å². The minimum atomic E-state index is -0.587. The molecule has 0 saturated carbocycles. The lowest BCUT2D eigenvalue weighted by molar-refractivity contribution is -0.137. The monoisotopic (exact) mass is 434 g/mol. The number of fused-ring (bicyclic) bond motifs is 1. The molecule has 0 spiro atoms. The van der Waals surface area contributed by atoms with E-state index in [0.29, 0.717) is 27.9 Å². The number of ether oxygens (including phenoxy) is 1. The van der Waals surface area contributed by atoms with Gasteiger partial charge in [0.25, 0.3) is 5.91 Å². The number of carbonyl (C=O) groups excluding carboxylic acids is 2. The molecule has 0 fully saturated rings. The fraction of sp³-hybridized carbons (Fsp3) is 0.143. The van der Waals surface area contributed by atoms with Gasteiger partial charge in [0, 0.05) is 23.5 Å². The van der Waals surface area contributed by atoms with Gasteiger partial charge >= 0.3 is 5.97 Å². The lowest BCUT2D eigenvalue weighted by Crippen LogP contribution is -2.35. The molecule has 3 heterocycles. The molecule has 2 N–H and O–H groups in total. The van der Waals surface area contributed by atoms with Crippen molar-refractivity contribution in [2.24, 2.45) is 4.99 Å². The minimum Gasteiger partial charge on any atom is -0.462 e. The van der Waals surface area contributed by atoms with Gasteiger partial charge in [-0.25, -0.2) is 24.7 Å². The largest absolute Gasteiger partial charge is 0.462 e. The number of anilines is 1. The maximum atomic E-state index is 12.9. The number of nitrogens with one attached hydrogen (secondary N) is 2. The molecule has 1 aliphatic heterocycles. The summed E-state index contributed by atoms with van der Waals surface area (Å²) in [6.07, 6.45) is 3.21. The van der Waals surface area contributed by atoms with Crippen LogP contribution in [0.4, 0.5) is 11.4 Å². The number of rotatable bonds is 4. The van der Waals surface area contributed by atoms with Crippen molar-refractivity contribution in [2.45, 2.75) is 13.8 Å². The maximum Gasteiger partial charge on any atom is 0.343 e. The summed E-state index contributed by atoms with van der Waals surface area (Å²) < 4.78 is 5.19. The second-order valence-corrected chi connectivity index (χ2v) is 7.25. The van der Waals surface area contributed by atoms with Gasteiger partial charge in [0.15, 0.2) is 10.8 Å². The van der Waals surface area contributed by atoms with Crippen LogP contribution < -0.4 is 10.6 Å². The summed E-state index contributed by atoms with van der Waals surface area (Å²) in [4.78, 5) is 42.7. The Labute approximate surface area is 182 Å². The van der Waals surface area contributed by atoms with E-state index in [-0.39, 0.29) is 23.7 Å². The van der Waals surface area contributed by atoms with Crippen molar-refractivity contribution in [3.8, 4) is 10.8 Å². The van der Waals surface area contributed by atoms with E-state index in [1.807, 2.05) is 18.2 Å². The summed E-state index contributed by atoms with van der Waals surface area (Å²) in [7, 11) is 0. The number of thiazole rings is 1. The molecule has 10 heteroatoms. The fourth-order valence-electron chi connectivity index (χ4n) is 2.90. The molecule has 1 amide bonds. The molecule has 0 bridgehead atoms. The van der Waals surface area contributed by atoms with Gasteiger partial charge in [0.05, 0.1) is 18.0 Å². The Morgan fingerprint density at radius 1 is 1.16 bits per heavy atom. The van der Waals surface area contributed by atoms with E-state index in [2.05, 4.69) is 30.6 Å². The number of hydrogen-bond donors (Lipinski definition) is 2. The SMILES string of the molecule is CCOC(=O)C1=C(C)Nc2ccccc2N=C1NC(=O)c1csc(-c2ncccn2)n1. The number of amidine groups is 1. The van der Waals surface area contributed by atoms with Crippen molar-refractivity contribution in [3.05, 3.63) is 65.1 Å². The Morgan fingerprint density at radius 2 is 1.94 bits per heavy atom. The zero-order valence-corrected chi connectivity index (χ0v) is 17.6. The number of carbonyl (C=O) groups is 2. The van der Waals surface area contributed by atoms with E-state index in [9.17, 15) is 9.59 Å². The summed E-state index contributed by atoms with van der Waals surface area (Å²) in [6, 6.07) is 8.99. The van der Waals surface area contributed by atoms with Crippen LogP contribution in [0.15, 0.2) is 64.4 Å². The highest BCUT2D eigenvalue weighted by Gasteiger charge is 2.27. The smallest absolute Gasteiger partial charge is 0.343 e. The van der Waals surface area contributed by atoms with Gasteiger partial charge in [0.2, 0.25) is 0 Å². The number of aliphatic imine (C=N–C) groups is 1. The topological polar surface area (TPSA) is 118 Å². The normalized spacial score (nSPS) is 12.9. The minimum absolute atomic E-state index is 0.0870. The second kappa shape index (κ2) is 8.84. The lowest BCUT2D eigenvalue weighted by atomic mass is 10.2. The van der Waals surface area contributed by atoms with Crippen LogP contribution in [0, 0.1) is 0 Å². The van der Waals surface area contributed by atoms with Crippen LogP contribution in [0.5, 0.6) is 0 Å². The van der Waals surface area contributed by atoms with Crippen LogP contribution in [-0.2, 0) is 9.53 Å². The highest BCUT2D eigenvalue weighted by Crippen LogP contribution is 2.30. The van der Waals surface area contributed by atoms with Gasteiger partial charge in [-0.2, -0.15) is 0 Å². The standard InChI is InChI=1S/C21H18N6O3S/c1-3-30-21(29)16-12(2)24-13-7-4-5-8-14(13)25-17(16)27-19(28)15-11-31-20(26-15)18-22-9-6-10-23-18/h4-11,24H,3H2,1-2H3,(H,25,27,28). The van der Waals surface area contributed by atoms with Crippen LogP contribution in [0.2, 0.25) is 0 Å². The van der Waals surface area contributed by atoms with Crippen LogP contribution in [0.1, 0.15) is 24.3 Å². The predicted octanol–water partition coefficient (Wildman–Crippen LogP) is 3.32. The molecule has 2 aromatic heterocycles. The number of allylic oxidation sites excluding steroid dienone is 1. The number of amides is 1. The van der Waals surface area contributed by atoms with Gasteiger partial charge in [0.1, 0.15) is 17.1 Å². The van der Waals surface area contributed by atoms with Crippen molar-refractivity contribution in [2.75, 3.05) is 11.9 Å². The molecular formula is C21H18N6O3S. The molecule has 0 saturated heterocycles. The van der Waals surface area contributed by atoms with Crippen LogP contribution in [0.3, 0.4) is 0 Å². The van der Waals surface area contributed by atoms with E-state index >= 15 is 0 Å². The third-order valence-electron chi connectivity index (χ3n) is 4.28. The molecule has 0 radical (unpaired) electrons. The summed E-state index contributed by atoms with van der Waals surface area (Å²) in [5.41, 5.74) is 2.12. The first-order valence-electron chi connectivity index (χ1n) is 9.44. The van der Waals surface area contributed by atoms with Crippen molar-refractivity contribution in [1.29, 1.82) is 0 Å². The summed E-state index contributed by atoms with van der Waals surface area (Å²) in [6.45, 7) is 3.63. The first kappa shape index (κ1) is 20.4. The zero-order valence-electron chi connectivity index (χ0n) is 16.7. The molecule has 1 aliphatic rings. The van der Waals surface area contributed by atoms with Gasteiger partial charge in [-0.15, -0.1) is 11.3 Å². The maximum absolute atomic E-state index is 12.9.